The molecule has 7 heteroatoms. The van der Waals surface area contributed by atoms with Crippen LogP contribution in [0.3, 0.4) is 0 Å². The zero-order valence-corrected chi connectivity index (χ0v) is 11.5. The molecule has 0 saturated heterocycles. The lowest BCUT2D eigenvalue weighted by atomic mass is 10.1. The van der Waals surface area contributed by atoms with E-state index in [0.29, 0.717) is 29.5 Å². The molecule has 108 valence electrons. The van der Waals surface area contributed by atoms with E-state index >= 15 is 0 Å². The number of aliphatic hydroxyl groups is 1. The molecule has 2 heterocycles. The SMILES string of the molecule is CNc1nc(NCC(O)c2ccccc2)c2[nH]cnc2n1. The molecule has 0 amide bonds. The maximum Gasteiger partial charge on any atom is 0.226 e. The molecule has 4 N–H and O–H groups in total. The number of fused-ring (bicyclic) bond motifs is 1. The highest BCUT2D eigenvalue weighted by Crippen LogP contribution is 2.20. The minimum atomic E-state index is -0.614. The summed E-state index contributed by atoms with van der Waals surface area (Å²) in [6.07, 6.45) is 0.953. The normalized spacial score (nSPS) is 12.3. The molecular weight excluding hydrogens is 268 g/mol. The molecule has 2 aromatic heterocycles. The minimum Gasteiger partial charge on any atom is -0.387 e. The number of nitrogens with zero attached hydrogens (tertiary/aromatic N) is 3. The predicted molar refractivity (Wildman–Crippen MR) is 81.1 cm³/mol. The Hall–Kier alpha value is -2.67. The van der Waals surface area contributed by atoms with E-state index in [9.17, 15) is 5.11 Å². The molecule has 0 radical (unpaired) electrons. The molecule has 1 aromatic carbocycles. The Morgan fingerprint density at radius 3 is 2.81 bits per heavy atom. The van der Waals surface area contributed by atoms with Crippen molar-refractivity contribution < 1.29 is 5.11 Å². The molecule has 0 saturated carbocycles. The zero-order valence-electron chi connectivity index (χ0n) is 11.5. The maximum absolute atomic E-state index is 10.2. The average Bonchev–Trinajstić information content (AvgIpc) is 3.01. The second-order valence-corrected chi connectivity index (χ2v) is 4.55. The number of H-pyrrole nitrogens is 1. The van der Waals surface area contributed by atoms with E-state index in [0.717, 1.165) is 5.56 Å². The number of rotatable bonds is 5. The number of imidazole rings is 1. The van der Waals surface area contributed by atoms with Gasteiger partial charge in [-0.05, 0) is 5.56 Å². The van der Waals surface area contributed by atoms with Crippen molar-refractivity contribution in [1.29, 1.82) is 0 Å². The molecule has 1 unspecified atom stereocenters. The van der Waals surface area contributed by atoms with E-state index < -0.39 is 6.10 Å². The lowest BCUT2D eigenvalue weighted by Crippen LogP contribution is -2.14. The highest BCUT2D eigenvalue weighted by atomic mass is 16.3. The van der Waals surface area contributed by atoms with Gasteiger partial charge in [0, 0.05) is 13.6 Å². The molecular formula is C14H16N6O. The van der Waals surface area contributed by atoms with Crippen LogP contribution in [0.2, 0.25) is 0 Å². The van der Waals surface area contributed by atoms with E-state index in [1.807, 2.05) is 30.3 Å². The Morgan fingerprint density at radius 2 is 2.05 bits per heavy atom. The van der Waals surface area contributed by atoms with Crippen LogP contribution in [0.25, 0.3) is 11.2 Å². The summed E-state index contributed by atoms with van der Waals surface area (Å²) in [5.74, 6) is 1.09. The number of anilines is 2. The molecule has 3 aromatic rings. The summed E-state index contributed by atoms with van der Waals surface area (Å²) in [6.45, 7) is 0.346. The van der Waals surface area contributed by atoms with Gasteiger partial charge in [0.25, 0.3) is 0 Å². The van der Waals surface area contributed by atoms with Gasteiger partial charge in [0.15, 0.2) is 11.5 Å². The molecule has 7 nitrogen and oxygen atoms in total. The Kier molecular flexibility index (Phi) is 3.65. The van der Waals surface area contributed by atoms with Gasteiger partial charge < -0.3 is 20.7 Å². The summed E-state index contributed by atoms with van der Waals surface area (Å²) in [6, 6.07) is 9.49. The predicted octanol–water partition coefficient (Wildman–Crippen LogP) is 1.54. The van der Waals surface area contributed by atoms with Crippen LogP contribution in [-0.4, -0.2) is 38.6 Å². The van der Waals surface area contributed by atoms with Crippen molar-refractivity contribution in [3.8, 4) is 0 Å². The summed E-state index contributed by atoms with van der Waals surface area (Å²) in [4.78, 5) is 15.7. The van der Waals surface area contributed by atoms with E-state index in [1.165, 1.54) is 0 Å². The van der Waals surface area contributed by atoms with E-state index in [1.54, 1.807) is 13.4 Å². The highest BCUT2D eigenvalue weighted by molar-refractivity contribution is 5.83. The highest BCUT2D eigenvalue weighted by Gasteiger charge is 2.12. The van der Waals surface area contributed by atoms with Gasteiger partial charge in [0.2, 0.25) is 5.95 Å². The fourth-order valence-electron chi connectivity index (χ4n) is 2.06. The first-order chi connectivity index (χ1) is 10.3. The topological polar surface area (TPSA) is 98.8 Å². The summed E-state index contributed by atoms with van der Waals surface area (Å²) in [5.41, 5.74) is 2.15. The second-order valence-electron chi connectivity index (χ2n) is 4.55. The van der Waals surface area contributed by atoms with Crippen molar-refractivity contribution in [2.75, 3.05) is 24.2 Å². The first-order valence-electron chi connectivity index (χ1n) is 6.63. The molecule has 21 heavy (non-hydrogen) atoms. The van der Waals surface area contributed by atoms with Crippen molar-refractivity contribution in [3.63, 3.8) is 0 Å². The van der Waals surface area contributed by atoms with Crippen molar-refractivity contribution >= 4 is 22.9 Å². The van der Waals surface area contributed by atoms with Gasteiger partial charge in [-0.3, -0.25) is 0 Å². The Labute approximate surface area is 121 Å². The van der Waals surface area contributed by atoms with Gasteiger partial charge in [0.05, 0.1) is 12.4 Å². The van der Waals surface area contributed by atoms with Crippen LogP contribution in [0.1, 0.15) is 11.7 Å². The fraction of sp³-hybridized carbons (Fsp3) is 0.214. The largest absolute Gasteiger partial charge is 0.387 e. The summed E-state index contributed by atoms with van der Waals surface area (Å²) < 4.78 is 0. The first kappa shape index (κ1) is 13.3. The maximum atomic E-state index is 10.2. The van der Waals surface area contributed by atoms with Gasteiger partial charge in [-0.1, -0.05) is 30.3 Å². The van der Waals surface area contributed by atoms with Gasteiger partial charge in [-0.15, -0.1) is 0 Å². The van der Waals surface area contributed by atoms with Crippen LogP contribution in [0, 0.1) is 0 Å². The Bertz CT molecular complexity index is 727. The second kappa shape index (κ2) is 5.76. The van der Waals surface area contributed by atoms with Gasteiger partial charge >= 0.3 is 0 Å². The van der Waals surface area contributed by atoms with Crippen LogP contribution in [0.15, 0.2) is 36.7 Å². The summed E-state index contributed by atoms with van der Waals surface area (Å²) in [7, 11) is 1.75. The number of hydrogen-bond donors (Lipinski definition) is 4. The minimum absolute atomic E-state index is 0.346. The Morgan fingerprint density at radius 1 is 1.24 bits per heavy atom. The van der Waals surface area contributed by atoms with Crippen molar-refractivity contribution in [2.24, 2.45) is 0 Å². The third kappa shape index (κ3) is 2.77. The van der Waals surface area contributed by atoms with Crippen molar-refractivity contribution in [3.05, 3.63) is 42.2 Å². The van der Waals surface area contributed by atoms with E-state index in [-0.39, 0.29) is 0 Å². The summed E-state index contributed by atoms with van der Waals surface area (Å²) >= 11 is 0. The number of aromatic nitrogens is 4. The lowest BCUT2D eigenvalue weighted by Gasteiger charge is -2.13. The van der Waals surface area contributed by atoms with Crippen molar-refractivity contribution in [2.45, 2.75) is 6.10 Å². The van der Waals surface area contributed by atoms with Crippen LogP contribution < -0.4 is 10.6 Å². The Balaban J connectivity index is 1.80. The van der Waals surface area contributed by atoms with Gasteiger partial charge in [0.1, 0.15) is 5.52 Å². The molecule has 0 bridgehead atoms. The number of nitrogens with one attached hydrogen (secondary N) is 3. The third-order valence-electron chi connectivity index (χ3n) is 3.16. The zero-order chi connectivity index (χ0) is 14.7. The number of aliphatic hydroxyl groups excluding tert-OH is 1. The molecule has 0 aliphatic rings. The number of hydrogen-bond acceptors (Lipinski definition) is 6. The quantitative estimate of drug-likeness (QED) is 0.567. The smallest absolute Gasteiger partial charge is 0.226 e. The monoisotopic (exact) mass is 284 g/mol. The number of benzene rings is 1. The lowest BCUT2D eigenvalue weighted by molar-refractivity contribution is 0.191. The van der Waals surface area contributed by atoms with Crippen LogP contribution in [0.5, 0.6) is 0 Å². The van der Waals surface area contributed by atoms with Crippen LogP contribution in [0.4, 0.5) is 11.8 Å². The molecule has 0 aliphatic heterocycles. The molecule has 0 spiro atoms. The number of aromatic amines is 1. The van der Waals surface area contributed by atoms with E-state index in [2.05, 4.69) is 30.6 Å². The third-order valence-corrected chi connectivity index (χ3v) is 3.16. The van der Waals surface area contributed by atoms with E-state index in [4.69, 9.17) is 0 Å². The molecule has 3 rings (SSSR count). The summed E-state index contributed by atoms with van der Waals surface area (Å²) in [5, 5.41) is 16.2. The average molecular weight is 284 g/mol. The fourth-order valence-corrected chi connectivity index (χ4v) is 2.06. The van der Waals surface area contributed by atoms with Gasteiger partial charge in [-0.25, -0.2) is 4.98 Å². The molecule has 1 atom stereocenters. The first-order valence-corrected chi connectivity index (χ1v) is 6.63. The molecule has 0 fully saturated rings. The van der Waals surface area contributed by atoms with Crippen LogP contribution >= 0.6 is 0 Å². The molecule has 0 aliphatic carbocycles. The van der Waals surface area contributed by atoms with Crippen molar-refractivity contribution in [1.82, 2.24) is 19.9 Å². The standard InChI is InChI=1S/C14H16N6O/c1-15-14-19-12(11-13(20-14)18-8-17-11)16-7-10(21)9-5-3-2-4-6-9/h2-6,8,10,21H,7H2,1H3,(H3,15,16,17,18,19,20). The van der Waals surface area contributed by atoms with Crippen LogP contribution in [-0.2, 0) is 0 Å². The van der Waals surface area contributed by atoms with Gasteiger partial charge in [-0.2, -0.15) is 9.97 Å².